The molecular formula is C14H16N2O3S. The maximum atomic E-state index is 11.8. The lowest BCUT2D eigenvalue weighted by atomic mass is 10.1. The highest BCUT2D eigenvalue weighted by Crippen LogP contribution is 2.24. The molecule has 1 amide bonds. The van der Waals surface area contributed by atoms with Gasteiger partial charge in [0.25, 0.3) is 5.91 Å². The van der Waals surface area contributed by atoms with Crippen molar-refractivity contribution in [2.45, 2.75) is 6.42 Å². The van der Waals surface area contributed by atoms with Crippen LogP contribution in [0.5, 0.6) is 11.5 Å². The average Bonchev–Trinajstić information content (AvgIpc) is 3.01. The number of nitrogens with zero attached hydrogens (tertiary/aromatic N) is 1. The van der Waals surface area contributed by atoms with Crippen LogP contribution in [0.25, 0.3) is 0 Å². The van der Waals surface area contributed by atoms with Crippen molar-refractivity contribution < 1.29 is 14.3 Å². The molecule has 5 nitrogen and oxygen atoms in total. The van der Waals surface area contributed by atoms with Crippen LogP contribution in [-0.4, -0.2) is 31.7 Å². The van der Waals surface area contributed by atoms with Gasteiger partial charge in [0.2, 0.25) is 0 Å². The zero-order valence-electron chi connectivity index (χ0n) is 11.4. The summed E-state index contributed by atoms with van der Waals surface area (Å²) in [5.41, 5.74) is 0.992. The minimum Gasteiger partial charge on any atom is -0.497 e. The van der Waals surface area contributed by atoms with Crippen molar-refractivity contribution in [2.75, 3.05) is 20.8 Å². The van der Waals surface area contributed by atoms with Crippen LogP contribution >= 0.6 is 11.3 Å². The van der Waals surface area contributed by atoms with Gasteiger partial charge in [0.15, 0.2) is 5.01 Å². The Kier molecular flexibility index (Phi) is 4.95. The SMILES string of the molecule is COc1ccc(OC)c(CCNC(=O)c2nccs2)c1. The van der Waals surface area contributed by atoms with Crippen LogP contribution in [0.3, 0.4) is 0 Å². The fourth-order valence-electron chi connectivity index (χ4n) is 1.80. The van der Waals surface area contributed by atoms with E-state index in [1.165, 1.54) is 11.3 Å². The number of carbonyl (C=O) groups excluding carboxylic acids is 1. The van der Waals surface area contributed by atoms with E-state index in [1.807, 2.05) is 18.2 Å². The number of methoxy groups -OCH3 is 2. The third-order valence-corrected chi connectivity index (χ3v) is 3.57. The molecule has 1 heterocycles. The zero-order chi connectivity index (χ0) is 14.4. The minimum atomic E-state index is -0.151. The van der Waals surface area contributed by atoms with Crippen LogP contribution in [0.4, 0.5) is 0 Å². The van der Waals surface area contributed by atoms with Crippen LogP contribution in [0.15, 0.2) is 29.8 Å². The van der Waals surface area contributed by atoms with E-state index in [0.29, 0.717) is 18.0 Å². The summed E-state index contributed by atoms with van der Waals surface area (Å²) in [6, 6.07) is 5.61. The first-order chi connectivity index (χ1) is 9.74. The number of amides is 1. The van der Waals surface area contributed by atoms with Gasteiger partial charge in [-0.3, -0.25) is 4.79 Å². The van der Waals surface area contributed by atoms with Crippen molar-refractivity contribution >= 4 is 17.2 Å². The van der Waals surface area contributed by atoms with E-state index < -0.39 is 0 Å². The van der Waals surface area contributed by atoms with Crippen molar-refractivity contribution in [3.63, 3.8) is 0 Å². The average molecular weight is 292 g/mol. The molecule has 0 aliphatic rings. The minimum absolute atomic E-state index is 0.151. The summed E-state index contributed by atoms with van der Waals surface area (Å²) >= 11 is 1.32. The lowest BCUT2D eigenvalue weighted by Gasteiger charge is -2.10. The van der Waals surface area contributed by atoms with E-state index in [9.17, 15) is 4.79 Å². The maximum Gasteiger partial charge on any atom is 0.280 e. The highest BCUT2D eigenvalue weighted by molar-refractivity contribution is 7.11. The number of nitrogens with one attached hydrogen (secondary N) is 1. The third kappa shape index (κ3) is 3.48. The van der Waals surface area contributed by atoms with Gasteiger partial charge < -0.3 is 14.8 Å². The van der Waals surface area contributed by atoms with Gasteiger partial charge in [-0.1, -0.05) is 0 Å². The Morgan fingerprint density at radius 2 is 2.20 bits per heavy atom. The summed E-state index contributed by atoms with van der Waals surface area (Å²) in [4.78, 5) is 15.7. The molecule has 0 saturated heterocycles. The number of hydrogen-bond donors (Lipinski definition) is 1. The number of carbonyl (C=O) groups is 1. The van der Waals surface area contributed by atoms with E-state index in [0.717, 1.165) is 17.1 Å². The van der Waals surface area contributed by atoms with Gasteiger partial charge in [-0.15, -0.1) is 11.3 Å². The molecule has 0 fully saturated rings. The maximum absolute atomic E-state index is 11.8. The number of thiazole rings is 1. The molecule has 0 saturated carbocycles. The smallest absolute Gasteiger partial charge is 0.280 e. The van der Waals surface area contributed by atoms with Gasteiger partial charge in [0.05, 0.1) is 14.2 Å². The fraction of sp³-hybridized carbons (Fsp3) is 0.286. The van der Waals surface area contributed by atoms with Crippen molar-refractivity contribution in [2.24, 2.45) is 0 Å². The highest BCUT2D eigenvalue weighted by atomic mass is 32.1. The van der Waals surface area contributed by atoms with E-state index in [2.05, 4.69) is 10.3 Å². The molecule has 6 heteroatoms. The molecule has 1 aromatic carbocycles. The van der Waals surface area contributed by atoms with Crippen LogP contribution in [0, 0.1) is 0 Å². The van der Waals surface area contributed by atoms with Crippen LogP contribution in [0.1, 0.15) is 15.4 Å². The highest BCUT2D eigenvalue weighted by Gasteiger charge is 2.09. The Labute approximate surface area is 121 Å². The Morgan fingerprint density at radius 3 is 2.85 bits per heavy atom. The fourth-order valence-corrected chi connectivity index (χ4v) is 2.35. The molecule has 0 bridgehead atoms. The number of aromatic nitrogens is 1. The summed E-state index contributed by atoms with van der Waals surface area (Å²) < 4.78 is 10.5. The second-order valence-corrected chi connectivity index (χ2v) is 4.92. The van der Waals surface area contributed by atoms with E-state index in [-0.39, 0.29) is 5.91 Å². The quantitative estimate of drug-likeness (QED) is 0.886. The van der Waals surface area contributed by atoms with Gasteiger partial charge in [-0.05, 0) is 30.2 Å². The molecule has 0 radical (unpaired) electrons. The molecular weight excluding hydrogens is 276 g/mol. The number of hydrogen-bond acceptors (Lipinski definition) is 5. The van der Waals surface area contributed by atoms with Crippen LogP contribution in [0.2, 0.25) is 0 Å². The monoisotopic (exact) mass is 292 g/mol. The third-order valence-electron chi connectivity index (χ3n) is 2.79. The molecule has 106 valence electrons. The molecule has 0 spiro atoms. The molecule has 20 heavy (non-hydrogen) atoms. The second kappa shape index (κ2) is 6.91. The van der Waals surface area contributed by atoms with E-state index >= 15 is 0 Å². The normalized spacial score (nSPS) is 10.1. The standard InChI is InChI=1S/C14H16N2O3S/c1-18-11-3-4-12(19-2)10(9-11)5-6-15-13(17)14-16-7-8-20-14/h3-4,7-9H,5-6H2,1-2H3,(H,15,17). The largest absolute Gasteiger partial charge is 0.497 e. The van der Waals surface area contributed by atoms with E-state index in [1.54, 1.807) is 25.8 Å². The van der Waals surface area contributed by atoms with Crippen LogP contribution in [-0.2, 0) is 6.42 Å². The number of ether oxygens (including phenoxy) is 2. The molecule has 0 atom stereocenters. The predicted molar refractivity (Wildman–Crippen MR) is 77.7 cm³/mol. The van der Waals surface area contributed by atoms with Crippen molar-refractivity contribution in [3.8, 4) is 11.5 Å². The van der Waals surface area contributed by atoms with E-state index in [4.69, 9.17) is 9.47 Å². The van der Waals surface area contributed by atoms with Crippen molar-refractivity contribution in [3.05, 3.63) is 40.3 Å². The predicted octanol–water partition coefficient (Wildman–Crippen LogP) is 2.13. The van der Waals surface area contributed by atoms with Gasteiger partial charge in [0.1, 0.15) is 11.5 Å². The molecule has 2 rings (SSSR count). The number of rotatable bonds is 6. The lowest BCUT2D eigenvalue weighted by Crippen LogP contribution is -2.25. The molecule has 0 unspecified atom stereocenters. The summed E-state index contributed by atoms with van der Waals surface area (Å²) in [7, 11) is 3.25. The van der Waals surface area contributed by atoms with Gasteiger partial charge in [-0.2, -0.15) is 0 Å². The first-order valence-electron chi connectivity index (χ1n) is 6.13. The summed E-state index contributed by atoms with van der Waals surface area (Å²) in [5, 5.41) is 5.09. The van der Waals surface area contributed by atoms with Gasteiger partial charge in [-0.25, -0.2) is 4.98 Å². The topological polar surface area (TPSA) is 60.5 Å². The Morgan fingerprint density at radius 1 is 1.35 bits per heavy atom. The van der Waals surface area contributed by atoms with Gasteiger partial charge in [0, 0.05) is 18.1 Å². The molecule has 0 aliphatic heterocycles. The summed E-state index contributed by atoms with van der Waals surface area (Å²) in [6.07, 6.45) is 2.28. The molecule has 2 aromatic rings. The Hall–Kier alpha value is -2.08. The van der Waals surface area contributed by atoms with Crippen LogP contribution < -0.4 is 14.8 Å². The summed E-state index contributed by atoms with van der Waals surface area (Å²) in [6.45, 7) is 0.516. The Bertz CT molecular complexity index is 570. The number of benzene rings is 1. The first kappa shape index (κ1) is 14.3. The lowest BCUT2D eigenvalue weighted by molar-refractivity contribution is 0.0953. The Balaban J connectivity index is 1.95. The molecule has 1 N–H and O–H groups in total. The first-order valence-corrected chi connectivity index (χ1v) is 7.01. The molecule has 0 aliphatic carbocycles. The zero-order valence-corrected chi connectivity index (χ0v) is 12.2. The second-order valence-electron chi connectivity index (χ2n) is 4.02. The van der Waals surface area contributed by atoms with Gasteiger partial charge >= 0.3 is 0 Å². The molecule has 1 aromatic heterocycles. The van der Waals surface area contributed by atoms with Crippen molar-refractivity contribution in [1.82, 2.24) is 10.3 Å². The summed E-state index contributed by atoms with van der Waals surface area (Å²) in [5.74, 6) is 1.41. The van der Waals surface area contributed by atoms with Crippen molar-refractivity contribution in [1.29, 1.82) is 0 Å².